The van der Waals surface area contributed by atoms with Gasteiger partial charge in [-0.05, 0) is 25.2 Å². The van der Waals surface area contributed by atoms with Gasteiger partial charge in [-0.15, -0.1) is 24.0 Å². The van der Waals surface area contributed by atoms with Crippen molar-refractivity contribution in [3.8, 4) is 0 Å². The fourth-order valence-electron chi connectivity index (χ4n) is 3.14. The fraction of sp³-hybridized carbons (Fsp3) is 0.875. The molecule has 0 radical (unpaired) electrons. The Bertz CT molecular complexity index is 345. The van der Waals surface area contributed by atoms with Crippen LogP contribution in [-0.2, 0) is 4.79 Å². The van der Waals surface area contributed by atoms with E-state index in [1.54, 1.807) is 0 Å². The molecule has 1 amide bonds. The third kappa shape index (κ3) is 7.15. The lowest BCUT2D eigenvalue weighted by atomic mass is 9.87. The second-order valence-corrected chi connectivity index (χ2v) is 5.79. The maximum atomic E-state index is 10.9. The van der Waals surface area contributed by atoms with Crippen molar-refractivity contribution in [2.24, 2.45) is 16.8 Å². The van der Waals surface area contributed by atoms with E-state index in [0.717, 1.165) is 37.4 Å². The molecule has 0 aromatic rings. The quantitative estimate of drug-likeness (QED) is 0.286. The molecular formula is C16H33IN4O. The van der Waals surface area contributed by atoms with Gasteiger partial charge in [-0.1, -0.05) is 26.7 Å². The van der Waals surface area contributed by atoms with Crippen molar-refractivity contribution in [1.29, 1.82) is 0 Å². The van der Waals surface area contributed by atoms with Crippen LogP contribution in [0.15, 0.2) is 4.99 Å². The molecule has 2 N–H and O–H groups in total. The van der Waals surface area contributed by atoms with E-state index >= 15 is 0 Å². The lowest BCUT2D eigenvalue weighted by molar-refractivity contribution is -0.118. The molecule has 1 heterocycles. The van der Waals surface area contributed by atoms with Crippen LogP contribution >= 0.6 is 24.0 Å². The number of nitrogens with zero attached hydrogens (tertiary/aromatic N) is 2. The number of likely N-dealkylation sites (tertiary alicyclic amines) is 1. The summed E-state index contributed by atoms with van der Waals surface area (Å²) in [5.41, 5.74) is 0. The molecular weight excluding hydrogens is 391 g/mol. The topological polar surface area (TPSA) is 56.7 Å². The highest BCUT2D eigenvalue weighted by Gasteiger charge is 2.29. The van der Waals surface area contributed by atoms with Gasteiger partial charge in [0.05, 0.1) is 6.54 Å². The van der Waals surface area contributed by atoms with E-state index in [1.807, 2.05) is 0 Å². The van der Waals surface area contributed by atoms with E-state index in [-0.39, 0.29) is 29.9 Å². The summed E-state index contributed by atoms with van der Waals surface area (Å²) < 4.78 is 0. The predicted molar refractivity (Wildman–Crippen MR) is 104 cm³/mol. The Morgan fingerprint density at radius 3 is 2.50 bits per heavy atom. The van der Waals surface area contributed by atoms with Gasteiger partial charge in [-0.2, -0.15) is 0 Å². The van der Waals surface area contributed by atoms with Gasteiger partial charge < -0.3 is 15.5 Å². The fourth-order valence-corrected chi connectivity index (χ4v) is 3.14. The van der Waals surface area contributed by atoms with Crippen molar-refractivity contribution in [2.45, 2.75) is 47.0 Å². The smallest absolute Gasteiger partial charge is 0.216 e. The summed E-state index contributed by atoms with van der Waals surface area (Å²) in [6.45, 7) is 12.5. The third-order valence-electron chi connectivity index (χ3n) is 4.32. The van der Waals surface area contributed by atoms with Crippen LogP contribution in [0.3, 0.4) is 0 Å². The molecule has 5 nitrogen and oxygen atoms in total. The number of hydrogen-bond acceptors (Lipinski definition) is 2. The summed E-state index contributed by atoms with van der Waals surface area (Å²) >= 11 is 0. The van der Waals surface area contributed by atoms with Gasteiger partial charge in [0.1, 0.15) is 0 Å². The minimum Gasteiger partial charge on any atom is -0.357 e. The summed E-state index contributed by atoms with van der Waals surface area (Å²) in [5, 5.41) is 6.16. The van der Waals surface area contributed by atoms with Gasteiger partial charge >= 0.3 is 0 Å². The van der Waals surface area contributed by atoms with Crippen molar-refractivity contribution in [2.75, 3.05) is 32.7 Å². The van der Waals surface area contributed by atoms with E-state index in [9.17, 15) is 4.79 Å². The highest BCUT2D eigenvalue weighted by atomic mass is 127. The Morgan fingerprint density at radius 2 is 1.95 bits per heavy atom. The van der Waals surface area contributed by atoms with Gasteiger partial charge in [-0.3, -0.25) is 9.79 Å². The first-order chi connectivity index (χ1) is 10.1. The molecule has 130 valence electrons. The normalized spacial score (nSPS) is 18.3. The van der Waals surface area contributed by atoms with Crippen molar-refractivity contribution >= 4 is 35.8 Å². The number of hydrogen-bond donors (Lipinski definition) is 2. The number of nitrogens with one attached hydrogen (secondary N) is 2. The summed E-state index contributed by atoms with van der Waals surface area (Å²) in [6, 6.07) is 0. The minimum absolute atomic E-state index is 0. The first-order valence-corrected chi connectivity index (χ1v) is 8.39. The van der Waals surface area contributed by atoms with Gasteiger partial charge in [-0.25, -0.2) is 0 Å². The first-order valence-electron chi connectivity index (χ1n) is 8.39. The second-order valence-electron chi connectivity index (χ2n) is 5.79. The van der Waals surface area contributed by atoms with Crippen LogP contribution in [0.5, 0.6) is 0 Å². The van der Waals surface area contributed by atoms with E-state index < -0.39 is 0 Å². The number of carbonyl (C=O) groups is 1. The molecule has 1 atom stereocenters. The zero-order valence-electron chi connectivity index (χ0n) is 14.5. The lowest BCUT2D eigenvalue weighted by Gasteiger charge is -2.24. The number of guanidine groups is 1. The zero-order valence-corrected chi connectivity index (χ0v) is 16.9. The van der Waals surface area contributed by atoms with E-state index in [2.05, 4.69) is 41.3 Å². The summed E-state index contributed by atoms with van der Waals surface area (Å²) in [4.78, 5) is 17.9. The maximum absolute atomic E-state index is 10.9. The van der Waals surface area contributed by atoms with E-state index in [0.29, 0.717) is 13.1 Å². The van der Waals surface area contributed by atoms with Crippen LogP contribution in [0.2, 0.25) is 0 Å². The molecule has 0 aromatic heterocycles. The largest absolute Gasteiger partial charge is 0.357 e. The Kier molecular flexibility index (Phi) is 11.7. The number of halogens is 1. The van der Waals surface area contributed by atoms with E-state index in [4.69, 9.17) is 0 Å². The average molecular weight is 424 g/mol. The molecule has 0 aromatic carbocycles. The molecule has 22 heavy (non-hydrogen) atoms. The molecule has 1 unspecified atom stereocenters. The molecule has 6 heteroatoms. The summed E-state index contributed by atoms with van der Waals surface area (Å²) in [6.07, 6.45) is 3.80. The first kappa shape index (κ1) is 21.5. The highest BCUT2D eigenvalue weighted by Crippen LogP contribution is 2.28. The monoisotopic (exact) mass is 424 g/mol. The Morgan fingerprint density at radius 1 is 1.27 bits per heavy atom. The molecule has 0 bridgehead atoms. The molecule has 1 fully saturated rings. The number of amides is 1. The van der Waals surface area contributed by atoms with Crippen LogP contribution in [0.25, 0.3) is 0 Å². The van der Waals surface area contributed by atoms with Gasteiger partial charge in [0.25, 0.3) is 0 Å². The average Bonchev–Trinajstić information content (AvgIpc) is 2.93. The molecule has 0 aliphatic carbocycles. The van der Waals surface area contributed by atoms with Crippen LogP contribution in [0.1, 0.15) is 47.0 Å². The van der Waals surface area contributed by atoms with Crippen molar-refractivity contribution in [3.63, 3.8) is 0 Å². The molecule has 1 saturated heterocycles. The lowest BCUT2D eigenvalue weighted by Crippen LogP contribution is -2.41. The molecule has 1 aliphatic heterocycles. The van der Waals surface area contributed by atoms with Crippen molar-refractivity contribution < 1.29 is 4.79 Å². The van der Waals surface area contributed by atoms with E-state index in [1.165, 1.54) is 26.2 Å². The number of carbonyl (C=O) groups excluding carboxylic acids is 1. The second kappa shape index (κ2) is 12.0. The Hall–Kier alpha value is -0.530. The van der Waals surface area contributed by atoms with Crippen LogP contribution in [0.4, 0.5) is 0 Å². The molecule has 1 aliphatic rings. The zero-order chi connectivity index (χ0) is 15.7. The van der Waals surface area contributed by atoms with Crippen molar-refractivity contribution in [3.05, 3.63) is 0 Å². The minimum atomic E-state index is 0. The Labute approximate surface area is 152 Å². The molecule has 0 spiro atoms. The SMILES string of the molecule is CCNC(=NCCNC(C)=O)N1CCC(C(CC)CC)C1.I. The predicted octanol–water partition coefficient (Wildman–Crippen LogP) is 2.46. The van der Waals surface area contributed by atoms with Gasteiger partial charge in [0.2, 0.25) is 5.91 Å². The number of aliphatic imine (C=N–C) groups is 1. The summed E-state index contributed by atoms with van der Waals surface area (Å²) in [7, 11) is 0. The van der Waals surface area contributed by atoms with Gasteiger partial charge in [0, 0.05) is 33.1 Å². The maximum Gasteiger partial charge on any atom is 0.216 e. The van der Waals surface area contributed by atoms with Crippen molar-refractivity contribution in [1.82, 2.24) is 15.5 Å². The molecule has 0 saturated carbocycles. The van der Waals surface area contributed by atoms with Gasteiger partial charge in [0.15, 0.2) is 5.96 Å². The molecule has 1 rings (SSSR count). The van der Waals surface area contributed by atoms with Crippen LogP contribution < -0.4 is 10.6 Å². The van der Waals surface area contributed by atoms with Crippen LogP contribution in [-0.4, -0.2) is 49.5 Å². The Balaban J connectivity index is 0.00000441. The standard InChI is InChI=1S/C16H32N4O.HI/c1-5-14(6-2)15-8-11-20(12-15)16(17-7-3)19-10-9-18-13(4)21;/h14-15H,5-12H2,1-4H3,(H,17,19)(H,18,21);1H. The highest BCUT2D eigenvalue weighted by molar-refractivity contribution is 14.0. The third-order valence-corrected chi connectivity index (χ3v) is 4.32. The number of rotatable bonds is 7. The summed E-state index contributed by atoms with van der Waals surface area (Å²) in [5.74, 6) is 2.62. The van der Waals surface area contributed by atoms with Crippen LogP contribution in [0, 0.1) is 11.8 Å².